The molecule has 0 amide bonds. The third-order valence-electron chi connectivity index (χ3n) is 7.07. The molecular weight excluding hydrogens is 320 g/mol. The van der Waals surface area contributed by atoms with Gasteiger partial charge in [0.25, 0.3) is 0 Å². The maximum atomic E-state index is 13.1. The van der Waals surface area contributed by atoms with Gasteiger partial charge in [-0.25, -0.2) is 0 Å². The van der Waals surface area contributed by atoms with Crippen LogP contribution in [-0.4, -0.2) is 11.6 Å². The lowest BCUT2D eigenvalue weighted by molar-refractivity contribution is -0.145. The minimum Gasteiger partial charge on any atom is -0.299 e. The molecule has 0 aliphatic heterocycles. The van der Waals surface area contributed by atoms with E-state index in [1.54, 1.807) is 0 Å². The van der Waals surface area contributed by atoms with Gasteiger partial charge in [0.05, 0.1) is 0 Å². The van der Waals surface area contributed by atoms with Crippen LogP contribution < -0.4 is 0 Å². The number of rotatable bonds is 11. The molecule has 0 saturated heterocycles. The van der Waals surface area contributed by atoms with E-state index in [9.17, 15) is 9.59 Å². The molecule has 0 N–H and O–H groups in total. The zero-order chi connectivity index (χ0) is 19.5. The smallest absolute Gasteiger partial charge is 0.141 e. The van der Waals surface area contributed by atoms with Crippen molar-refractivity contribution in [3.8, 4) is 0 Å². The van der Waals surface area contributed by atoms with Crippen LogP contribution in [0.1, 0.15) is 106 Å². The normalized spacial score (nSPS) is 33.8. The van der Waals surface area contributed by atoms with Crippen LogP contribution in [0.2, 0.25) is 0 Å². The Kier molecular flexibility index (Phi) is 7.13. The van der Waals surface area contributed by atoms with Crippen LogP contribution in [0.4, 0.5) is 0 Å². The molecule has 0 radical (unpaired) electrons. The lowest BCUT2D eigenvalue weighted by Gasteiger charge is -2.50. The number of carbonyl (C=O) groups is 2. The summed E-state index contributed by atoms with van der Waals surface area (Å²) in [5.41, 5.74) is -0.252. The van der Waals surface area contributed by atoms with Gasteiger partial charge in [-0.2, -0.15) is 0 Å². The zero-order valence-electron chi connectivity index (χ0n) is 18.2. The highest BCUT2D eigenvalue weighted by Crippen LogP contribution is 2.55. The van der Waals surface area contributed by atoms with E-state index in [1.165, 1.54) is 19.3 Å². The number of Topliss-reactive ketones (excluding diaryl/α,β-unsaturated/α-hetero) is 2. The van der Waals surface area contributed by atoms with Gasteiger partial charge in [0.2, 0.25) is 0 Å². The van der Waals surface area contributed by atoms with E-state index in [0.29, 0.717) is 35.7 Å². The Morgan fingerprint density at radius 2 is 1.62 bits per heavy atom. The first-order valence-electron chi connectivity index (χ1n) is 11.2. The largest absolute Gasteiger partial charge is 0.299 e. The van der Waals surface area contributed by atoms with Crippen molar-refractivity contribution in [3.63, 3.8) is 0 Å². The number of hydrogen-bond donors (Lipinski definition) is 0. The number of hydrogen-bond acceptors (Lipinski definition) is 2. The van der Waals surface area contributed by atoms with Gasteiger partial charge in [0, 0.05) is 23.2 Å². The Balaban J connectivity index is 1.98. The molecule has 2 saturated carbocycles. The van der Waals surface area contributed by atoms with Crippen molar-refractivity contribution in [3.05, 3.63) is 0 Å². The molecule has 0 unspecified atom stereocenters. The van der Waals surface area contributed by atoms with Crippen LogP contribution in [0.25, 0.3) is 0 Å². The number of carbonyl (C=O) groups excluding carboxylic acids is 2. The Hall–Kier alpha value is -0.660. The summed E-state index contributed by atoms with van der Waals surface area (Å²) in [6.45, 7) is 13.0. The predicted octanol–water partition coefficient (Wildman–Crippen LogP) is 6.61. The second-order valence-electron chi connectivity index (χ2n) is 10.5. The summed E-state index contributed by atoms with van der Waals surface area (Å²) in [5.74, 6) is 2.92. The molecule has 2 nitrogen and oxygen atoms in total. The van der Waals surface area contributed by atoms with Crippen LogP contribution in [0.5, 0.6) is 0 Å². The Morgan fingerprint density at radius 3 is 2.08 bits per heavy atom. The average molecular weight is 363 g/mol. The Bertz CT molecular complexity index is 490. The van der Waals surface area contributed by atoms with E-state index in [4.69, 9.17) is 0 Å². The summed E-state index contributed by atoms with van der Waals surface area (Å²) in [4.78, 5) is 26.1. The fraction of sp³-hybridized carbons (Fsp3) is 0.917. The van der Waals surface area contributed by atoms with Crippen molar-refractivity contribution in [2.24, 2.45) is 34.5 Å². The van der Waals surface area contributed by atoms with E-state index in [-0.39, 0.29) is 16.7 Å². The van der Waals surface area contributed by atoms with Gasteiger partial charge in [-0.15, -0.1) is 0 Å². The van der Waals surface area contributed by atoms with Crippen LogP contribution in [0, 0.1) is 34.5 Å². The number of ketones is 2. The maximum absolute atomic E-state index is 13.1. The van der Waals surface area contributed by atoms with Gasteiger partial charge in [-0.05, 0) is 56.3 Å². The minimum atomic E-state index is -0.184. The van der Waals surface area contributed by atoms with Crippen molar-refractivity contribution in [2.75, 3.05) is 0 Å². The van der Waals surface area contributed by atoms with Crippen LogP contribution >= 0.6 is 0 Å². The third kappa shape index (κ3) is 4.60. The second kappa shape index (κ2) is 8.57. The van der Waals surface area contributed by atoms with Gasteiger partial charge in [-0.1, -0.05) is 60.8 Å². The van der Waals surface area contributed by atoms with Crippen LogP contribution in [0.3, 0.4) is 0 Å². The number of unbranched alkanes of at least 4 members (excludes halogenated alkanes) is 1. The molecule has 0 aromatic carbocycles. The highest BCUT2D eigenvalue weighted by Gasteiger charge is 2.52. The Labute approximate surface area is 161 Å². The molecule has 2 aliphatic carbocycles. The van der Waals surface area contributed by atoms with E-state index in [2.05, 4.69) is 27.7 Å². The van der Waals surface area contributed by atoms with E-state index >= 15 is 0 Å². The summed E-state index contributed by atoms with van der Waals surface area (Å²) in [6, 6.07) is 0. The molecule has 2 aliphatic rings. The van der Waals surface area contributed by atoms with Crippen molar-refractivity contribution in [1.29, 1.82) is 0 Å². The highest BCUT2D eigenvalue weighted by atomic mass is 16.1. The van der Waals surface area contributed by atoms with Gasteiger partial charge in [0.15, 0.2) is 0 Å². The summed E-state index contributed by atoms with van der Waals surface area (Å²) < 4.78 is 0. The van der Waals surface area contributed by atoms with Crippen molar-refractivity contribution in [2.45, 2.75) is 106 Å². The topological polar surface area (TPSA) is 34.1 Å². The standard InChI is InChI=1S/C24H42O2/c1-7-8-9-20-15-23(16-20,22(26)18(4)5)11-10-21(25)24(12-17(2)3)13-19(6)14-24/h17-20H,7-16H2,1-6H3. The zero-order valence-corrected chi connectivity index (χ0v) is 18.2. The monoisotopic (exact) mass is 362 g/mol. The molecule has 150 valence electrons. The van der Waals surface area contributed by atoms with Crippen LogP contribution in [-0.2, 0) is 9.59 Å². The van der Waals surface area contributed by atoms with Crippen molar-refractivity contribution < 1.29 is 9.59 Å². The molecule has 2 rings (SSSR count). The molecule has 0 bridgehead atoms. The van der Waals surface area contributed by atoms with E-state index < -0.39 is 0 Å². The molecule has 0 aromatic heterocycles. The highest BCUT2D eigenvalue weighted by molar-refractivity contribution is 5.90. The van der Waals surface area contributed by atoms with Gasteiger partial charge in [0.1, 0.15) is 11.6 Å². The molecule has 2 heteroatoms. The lowest BCUT2D eigenvalue weighted by Crippen LogP contribution is -2.48. The maximum Gasteiger partial charge on any atom is 0.141 e. The fourth-order valence-corrected chi connectivity index (χ4v) is 6.07. The summed E-state index contributed by atoms with van der Waals surface area (Å²) in [7, 11) is 0. The summed E-state index contributed by atoms with van der Waals surface area (Å²) >= 11 is 0. The first-order chi connectivity index (χ1) is 12.1. The minimum absolute atomic E-state index is 0.0684. The second-order valence-corrected chi connectivity index (χ2v) is 10.5. The molecule has 0 spiro atoms. The SMILES string of the molecule is CCCCC1CC(CCC(=O)C2(CC(C)C)CC(C)C2)(C(=O)C(C)C)C1. The molecular formula is C24H42O2. The first-order valence-corrected chi connectivity index (χ1v) is 11.2. The molecule has 0 aromatic rings. The van der Waals surface area contributed by atoms with E-state index in [0.717, 1.165) is 38.5 Å². The molecule has 26 heavy (non-hydrogen) atoms. The lowest BCUT2D eigenvalue weighted by atomic mass is 9.53. The van der Waals surface area contributed by atoms with Crippen molar-refractivity contribution in [1.82, 2.24) is 0 Å². The van der Waals surface area contributed by atoms with Gasteiger partial charge < -0.3 is 0 Å². The van der Waals surface area contributed by atoms with Gasteiger partial charge >= 0.3 is 0 Å². The first kappa shape index (κ1) is 21.6. The molecule has 0 atom stereocenters. The summed E-state index contributed by atoms with van der Waals surface area (Å²) in [5, 5.41) is 0. The van der Waals surface area contributed by atoms with Crippen LogP contribution in [0.15, 0.2) is 0 Å². The molecule has 0 heterocycles. The Morgan fingerprint density at radius 1 is 1.00 bits per heavy atom. The fourth-order valence-electron chi connectivity index (χ4n) is 6.07. The average Bonchev–Trinajstić information content (AvgIpc) is 2.49. The predicted molar refractivity (Wildman–Crippen MR) is 109 cm³/mol. The summed E-state index contributed by atoms with van der Waals surface area (Å²) in [6.07, 6.45) is 10.4. The van der Waals surface area contributed by atoms with Crippen molar-refractivity contribution >= 4 is 11.6 Å². The molecule has 2 fully saturated rings. The quantitative estimate of drug-likeness (QED) is 0.414. The van der Waals surface area contributed by atoms with E-state index in [1.807, 2.05) is 13.8 Å². The van der Waals surface area contributed by atoms with Gasteiger partial charge in [-0.3, -0.25) is 9.59 Å². The third-order valence-corrected chi connectivity index (χ3v) is 7.07.